The van der Waals surface area contributed by atoms with Gasteiger partial charge in [0.25, 0.3) is 11.6 Å². The summed E-state index contributed by atoms with van der Waals surface area (Å²) in [6.07, 6.45) is 3.39. The summed E-state index contributed by atoms with van der Waals surface area (Å²) in [4.78, 5) is 42.5. The SMILES string of the molecule is O=C(Nc1cccnc1)c1c(N=Cc2ccc(Sc3nc(-c4ccccc4)cc(C(F)(F)F)n3)c([N+](=O)[O-])c2)sc2c1CCCC2. The minimum absolute atomic E-state index is 0.0406. The molecule has 0 saturated heterocycles. The van der Waals surface area contributed by atoms with Gasteiger partial charge in [0, 0.05) is 28.9 Å². The molecule has 0 unspecified atom stereocenters. The fraction of sp³-hybridized carbons (Fsp3) is 0.156. The Hall–Kier alpha value is -4.95. The highest BCUT2D eigenvalue weighted by Crippen LogP contribution is 2.41. The van der Waals surface area contributed by atoms with E-state index < -0.39 is 16.8 Å². The zero-order chi connectivity index (χ0) is 32.3. The van der Waals surface area contributed by atoms with E-state index in [1.54, 1.807) is 60.9 Å². The molecule has 9 nitrogen and oxygen atoms in total. The largest absolute Gasteiger partial charge is 0.433 e. The van der Waals surface area contributed by atoms with Crippen LogP contribution in [-0.4, -0.2) is 32.0 Å². The van der Waals surface area contributed by atoms with Crippen LogP contribution in [0.15, 0.2) is 94.2 Å². The lowest BCUT2D eigenvalue weighted by molar-refractivity contribution is -0.387. The number of aliphatic imine (C=N–C) groups is 1. The number of carbonyl (C=O) groups excluding carboxylic acids is 1. The maximum atomic E-state index is 13.7. The lowest BCUT2D eigenvalue weighted by Gasteiger charge is -2.12. The molecule has 1 N–H and O–H groups in total. The monoisotopic (exact) mass is 660 g/mol. The Morgan fingerprint density at radius 1 is 1.04 bits per heavy atom. The third-order valence-electron chi connectivity index (χ3n) is 7.08. The fourth-order valence-electron chi connectivity index (χ4n) is 4.95. The topological polar surface area (TPSA) is 123 Å². The molecule has 5 aromatic rings. The highest BCUT2D eigenvalue weighted by Gasteiger charge is 2.34. The van der Waals surface area contributed by atoms with Gasteiger partial charge in [-0.25, -0.2) is 15.0 Å². The number of thiophene rings is 1. The Morgan fingerprint density at radius 2 is 1.85 bits per heavy atom. The Morgan fingerprint density at radius 3 is 2.59 bits per heavy atom. The Kier molecular flexibility index (Phi) is 8.90. The number of carbonyl (C=O) groups is 1. The van der Waals surface area contributed by atoms with E-state index >= 15 is 0 Å². The molecular formula is C32H23F3N6O3S2. The number of rotatable bonds is 8. The molecule has 0 fully saturated rings. The number of halogens is 3. The van der Waals surface area contributed by atoms with Crippen molar-refractivity contribution in [3.8, 4) is 11.3 Å². The lowest BCUT2D eigenvalue weighted by Crippen LogP contribution is -2.14. The average Bonchev–Trinajstić information content (AvgIpc) is 3.43. The van der Waals surface area contributed by atoms with Gasteiger partial charge in [-0.05, 0) is 72.8 Å². The van der Waals surface area contributed by atoms with Crippen molar-refractivity contribution in [3.05, 3.63) is 116 Å². The van der Waals surface area contributed by atoms with Gasteiger partial charge in [0.2, 0.25) is 0 Å². The summed E-state index contributed by atoms with van der Waals surface area (Å²) in [5.74, 6) is -0.312. The number of alkyl halides is 3. The third-order valence-corrected chi connectivity index (χ3v) is 9.21. The van der Waals surface area contributed by atoms with Gasteiger partial charge in [-0.15, -0.1) is 11.3 Å². The number of aryl methyl sites for hydroxylation is 1. The summed E-state index contributed by atoms with van der Waals surface area (Å²) in [6, 6.07) is 16.9. The number of fused-ring (bicyclic) bond motifs is 1. The molecule has 2 aromatic carbocycles. The second-order valence-electron chi connectivity index (χ2n) is 10.2. The number of nitro benzene ring substituents is 1. The number of anilines is 1. The molecule has 0 aliphatic heterocycles. The van der Waals surface area contributed by atoms with Crippen molar-refractivity contribution in [2.45, 2.75) is 41.9 Å². The lowest BCUT2D eigenvalue weighted by atomic mass is 9.95. The van der Waals surface area contributed by atoms with Gasteiger partial charge in [0.1, 0.15) is 10.7 Å². The van der Waals surface area contributed by atoms with Gasteiger partial charge in [-0.2, -0.15) is 13.2 Å². The standard InChI is InChI=1S/C32H23F3N6O3S2/c33-32(34,35)27-16-23(20-7-2-1-3-8-20)39-31(40-27)46-26-13-12-19(15-24(26)41(43)44)17-37-30-28(22-10-4-5-11-25(22)45-30)29(42)38-21-9-6-14-36-18-21/h1-3,6-9,12-18H,4-5,10-11H2,(H,38,42). The Labute approximate surface area is 268 Å². The van der Waals surface area contributed by atoms with E-state index in [-0.39, 0.29) is 27.3 Å². The first-order chi connectivity index (χ1) is 22.2. The molecule has 0 radical (unpaired) electrons. The van der Waals surface area contributed by atoms with Crippen LogP contribution in [0.1, 0.15) is 44.9 Å². The van der Waals surface area contributed by atoms with Gasteiger partial charge >= 0.3 is 6.18 Å². The maximum absolute atomic E-state index is 13.7. The number of nitrogens with zero attached hydrogens (tertiary/aromatic N) is 5. The van der Waals surface area contributed by atoms with Crippen molar-refractivity contribution < 1.29 is 22.9 Å². The van der Waals surface area contributed by atoms with Crippen LogP contribution < -0.4 is 5.32 Å². The number of nitro groups is 1. The highest BCUT2D eigenvalue weighted by molar-refractivity contribution is 7.99. The van der Waals surface area contributed by atoms with E-state index in [2.05, 4.69) is 25.3 Å². The second kappa shape index (κ2) is 13.2. The predicted molar refractivity (Wildman–Crippen MR) is 170 cm³/mol. The third kappa shape index (κ3) is 6.97. The molecule has 3 heterocycles. The van der Waals surface area contributed by atoms with Gasteiger partial charge < -0.3 is 5.32 Å². The molecule has 6 rings (SSSR count). The van der Waals surface area contributed by atoms with Crippen LogP contribution in [0, 0.1) is 10.1 Å². The highest BCUT2D eigenvalue weighted by atomic mass is 32.2. The zero-order valence-corrected chi connectivity index (χ0v) is 25.5. The number of hydrogen-bond acceptors (Lipinski definition) is 9. The van der Waals surface area contributed by atoms with Crippen molar-refractivity contribution in [1.29, 1.82) is 0 Å². The van der Waals surface area contributed by atoms with Crippen LogP contribution in [0.3, 0.4) is 0 Å². The van der Waals surface area contributed by atoms with Crippen molar-refractivity contribution in [2.75, 3.05) is 5.32 Å². The van der Waals surface area contributed by atoms with Crippen LogP contribution in [-0.2, 0) is 19.0 Å². The number of pyridine rings is 1. The number of hydrogen-bond donors (Lipinski definition) is 1. The summed E-state index contributed by atoms with van der Waals surface area (Å²) in [6.45, 7) is 0. The van der Waals surface area contributed by atoms with Gasteiger partial charge in [0.15, 0.2) is 5.16 Å². The zero-order valence-electron chi connectivity index (χ0n) is 23.8. The molecule has 14 heteroatoms. The van der Waals surface area contributed by atoms with E-state index in [1.807, 2.05) is 0 Å². The first kappa shape index (κ1) is 31.0. The quantitative estimate of drug-likeness (QED) is 0.0766. The number of nitrogens with one attached hydrogen (secondary N) is 1. The molecule has 232 valence electrons. The van der Waals surface area contributed by atoms with Crippen molar-refractivity contribution in [3.63, 3.8) is 0 Å². The molecule has 0 spiro atoms. The smallest absolute Gasteiger partial charge is 0.320 e. The number of amides is 1. The Balaban J connectivity index is 1.31. The van der Waals surface area contributed by atoms with Crippen LogP contribution >= 0.6 is 23.1 Å². The van der Waals surface area contributed by atoms with E-state index in [0.717, 1.165) is 42.2 Å². The summed E-state index contributed by atoms with van der Waals surface area (Å²) in [7, 11) is 0. The predicted octanol–water partition coefficient (Wildman–Crippen LogP) is 8.56. The summed E-state index contributed by atoms with van der Waals surface area (Å²) < 4.78 is 41.1. The minimum Gasteiger partial charge on any atom is -0.320 e. The van der Waals surface area contributed by atoms with Gasteiger partial charge in [-0.1, -0.05) is 36.4 Å². The van der Waals surface area contributed by atoms with Crippen LogP contribution in [0.4, 0.5) is 29.5 Å². The number of aromatic nitrogens is 3. The molecule has 0 atom stereocenters. The molecule has 3 aromatic heterocycles. The molecule has 0 bridgehead atoms. The van der Waals surface area contributed by atoms with E-state index in [4.69, 9.17) is 0 Å². The number of benzene rings is 2. The van der Waals surface area contributed by atoms with Gasteiger partial charge in [-0.3, -0.25) is 19.9 Å². The van der Waals surface area contributed by atoms with Crippen LogP contribution in [0.2, 0.25) is 0 Å². The maximum Gasteiger partial charge on any atom is 0.433 e. The molecule has 1 amide bonds. The molecule has 0 saturated carbocycles. The van der Waals surface area contributed by atoms with Crippen molar-refractivity contribution >= 4 is 51.6 Å². The normalized spacial score (nSPS) is 13.0. The van der Waals surface area contributed by atoms with Crippen LogP contribution in [0.25, 0.3) is 11.3 Å². The summed E-state index contributed by atoms with van der Waals surface area (Å²) in [5, 5.41) is 15.1. The first-order valence-electron chi connectivity index (χ1n) is 14.0. The molecular weight excluding hydrogens is 638 g/mol. The van der Waals surface area contributed by atoms with Crippen LogP contribution in [0.5, 0.6) is 0 Å². The fourth-order valence-corrected chi connectivity index (χ4v) is 7.04. The average molecular weight is 661 g/mol. The molecule has 1 aliphatic rings. The Bertz CT molecular complexity index is 1950. The first-order valence-corrected chi connectivity index (χ1v) is 15.7. The second-order valence-corrected chi connectivity index (χ2v) is 12.3. The summed E-state index contributed by atoms with van der Waals surface area (Å²) in [5.41, 5.74) is 1.32. The van der Waals surface area contributed by atoms with E-state index in [1.165, 1.54) is 29.7 Å². The van der Waals surface area contributed by atoms with Crippen molar-refractivity contribution in [2.24, 2.45) is 4.99 Å². The van der Waals surface area contributed by atoms with Gasteiger partial charge in [0.05, 0.1) is 33.0 Å². The van der Waals surface area contributed by atoms with E-state index in [0.29, 0.717) is 39.1 Å². The summed E-state index contributed by atoms with van der Waals surface area (Å²) >= 11 is 2.08. The molecule has 1 aliphatic carbocycles. The molecule has 46 heavy (non-hydrogen) atoms. The minimum atomic E-state index is -4.75. The van der Waals surface area contributed by atoms with Crippen molar-refractivity contribution in [1.82, 2.24) is 15.0 Å². The van der Waals surface area contributed by atoms with E-state index in [9.17, 15) is 28.1 Å².